The Morgan fingerprint density at radius 1 is 1.77 bits per heavy atom. The summed E-state index contributed by atoms with van der Waals surface area (Å²) >= 11 is 5.59. The minimum absolute atomic E-state index is 0.191. The van der Waals surface area contributed by atoms with Crippen LogP contribution in [0.15, 0.2) is 17.3 Å². The molecule has 13 heavy (non-hydrogen) atoms. The van der Waals surface area contributed by atoms with E-state index >= 15 is 0 Å². The fourth-order valence-electron chi connectivity index (χ4n) is 0.880. The van der Waals surface area contributed by atoms with Crippen molar-refractivity contribution in [1.82, 2.24) is 4.98 Å². The number of halogens is 2. The average molecular weight is 201 g/mol. The smallest absolute Gasteiger partial charge is 0.226 e. The van der Waals surface area contributed by atoms with E-state index in [1.165, 1.54) is 18.3 Å². The molecule has 0 fully saturated rings. The number of aliphatic imine (C=N–C) groups is 1. The van der Waals surface area contributed by atoms with E-state index in [0.717, 1.165) is 0 Å². The molecule has 0 spiro atoms. The van der Waals surface area contributed by atoms with Gasteiger partial charge in [-0.15, -0.1) is 0 Å². The molecule has 1 rings (SSSR count). The molecule has 0 N–H and O–H groups in total. The standard InChI is InChI=1S/C8H6ClFN2O/c1-5(12-4-13)7-2-6(9)3-11-8(7)10/h2-3,5H,1H3. The second-order valence-corrected chi connectivity index (χ2v) is 2.87. The Hall–Kier alpha value is -1.25. The molecule has 0 aliphatic rings. The minimum Gasteiger partial charge on any atom is -0.226 e. The van der Waals surface area contributed by atoms with Crippen molar-refractivity contribution in [3.05, 3.63) is 28.8 Å². The molecule has 1 unspecified atom stereocenters. The van der Waals surface area contributed by atoms with Gasteiger partial charge in [0, 0.05) is 11.8 Å². The number of nitrogens with zero attached hydrogens (tertiary/aromatic N) is 2. The Labute approximate surface area is 79.3 Å². The number of aromatic nitrogens is 1. The number of rotatable bonds is 2. The zero-order valence-electron chi connectivity index (χ0n) is 6.79. The Kier molecular flexibility index (Phi) is 3.12. The molecule has 1 heterocycles. The van der Waals surface area contributed by atoms with Gasteiger partial charge in [0.2, 0.25) is 12.0 Å². The molecular weight excluding hydrogens is 195 g/mol. The molecule has 5 heteroatoms. The maximum absolute atomic E-state index is 13.0. The molecule has 0 saturated heterocycles. The van der Waals surface area contributed by atoms with Crippen molar-refractivity contribution in [2.75, 3.05) is 0 Å². The Morgan fingerprint density at radius 3 is 3.08 bits per heavy atom. The highest BCUT2D eigenvalue weighted by Gasteiger charge is 2.11. The van der Waals surface area contributed by atoms with Crippen LogP contribution < -0.4 is 0 Å². The molecular formula is C8H6ClFN2O. The van der Waals surface area contributed by atoms with Crippen LogP contribution in [-0.4, -0.2) is 11.1 Å². The normalized spacial score (nSPS) is 11.9. The Morgan fingerprint density at radius 2 is 2.46 bits per heavy atom. The third-order valence-corrected chi connectivity index (χ3v) is 1.74. The molecule has 0 saturated carbocycles. The zero-order chi connectivity index (χ0) is 9.84. The van der Waals surface area contributed by atoms with Crippen LogP contribution in [0.4, 0.5) is 4.39 Å². The monoisotopic (exact) mass is 200 g/mol. The van der Waals surface area contributed by atoms with Crippen molar-refractivity contribution >= 4 is 17.7 Å². The largest absolute Gasteiger partial charge is 0.235 e. The average Bonchev–Trinajstić information content (AvgIpc) is 2.09. The van der Waals surface area contributed by atoms with E-state index in [4.69, 9.17) is 11.6 Å². The van der Waals surface area contributed by atoms with E-state index in [1.54, 1.807) is 6.92 Å². The lowest BCUT2D eigenvalue weighted by Crippen LogP contribution is -1.96. The van der Waals surface area contributed by atoms with Gasteiger partial charge in [-0.2, -0.15) is 9.38 Å². The van der Waals surface area contributed by atoms with Crippen LogP contribution in [0.3, 0.4) is 0 Å². The molecule has 0 aliphatic heterocycles. The summed E-state index contributed by atoms with van der Waals surface area (Å²) in [6.45, 7) is 1.56. The van der Waals surface area contributed by atoms with Crippen molar-refractivity contribution < 1.29 is 9.18 Å². The van der Waals surface area contributed by atoms with Gasteiger partial charge in [-0.3, -0.25) is 0 Å². The van der Waals surface area contributed by atoms with Gasteiger partial charge in [0.15, 0.2) is 0 Å². The van der Waals surface area contributed by atoms with Gasteiger partial charge in [0.1, 0.15) is 0 Å². The summed E-state index contributed by atoms with van der Waals surface area (Å²) in [6, 6.07) is 0.777. The number of isocyanates is 1. The highest BCUT2D eigenvalue weighted by molar-refractivity contribution is 6.30. The number of hydrogen-bond donors (Lipinski definition) is 0. The van der Waals surface area contributed by atoms with Crippen molar-refractivity contribution in [2.24, 2.45) is 4.99 Å². The fraction of sp³-hybridized carbons (Fsp3) is 0.250. The second-order valence-electron chi connectivity index (χ2n) is 2.43. The van der Waals surface area contributed by atoms with Gasteiger partial charge in [0.25, 0.3) is 0 Å². The summed E-state index contributed by atoms with van der Waals surface area (Å²) in [7, 11) is 0. The fourth-order valence-corrected chi connectivity index (χ4v) is 1.05. The van der Waals surface area contributed by atoms with Gasteiger partial charge in [0.05, 0.1) is 11.1 Å². The van der Waals surface area contributed by atoms with Crippen molar-refractivity contribution in [3.8, 4) is 0 Å². The molecule has 0 aromatic carbocycles. The predicted molar refractivity (Wildman–Crippen MR) is 45.7 cm³/mol. The third-order valence-electron chi connectivity index (χ3n) is 1.53. The molecule has 68 valence electrons. The SMILES string of the molecule is CC(N=C=O)c1cc(Cl)cnc1F. The molecule has 0 bridgehead atoms. The number of pyridine rings is 1. The number of carbonyl (C=O) groups excluding carboxylic acids is 1. The summed E-state index contributed by atoms with van der Waals surface area (Å²) < 4.78 is 13.0. The summed E-state index contributed by atoms with van der Waals surface area (Å²) in [4.78, 5) is 16.7. The second kappa shape index (κ2) is 4.12. The van der Waals surface area contributed by atoms with Crippen molar-refractivity contribution in [1.29, 1.82) is 0 Å². The van der Waals surface area contributed by atoms with E-state index in [1.807, 2.05) is 0 Å². The summed E-state index contributed by atoms with van der Waals surface area (Å²) in [5, 5.41) is 0.310. The van der Waals surface area contributed by atoms with Crippen LogP contribution in [0.1, 0.15) is 18.5 Å². The van der Waals surface area contributed by atoms with Gasteiger partial charge < -0.3 is 0 Å². The first kappa shape index (κ1) is 9.84. The highest BCUT2D eigenvalue weighted by Crippen LogP contribution is 2.21. The van der Waals surface area contributed by atoms with E-state index in [9.17, 15) is 9.18 Å². The summed E-state index contributed by atoms with van der Waals surface area (Å²) in [6.07, 6.45) is 2.54. The lowest BCUT2D eigenvalue weighted by Gasteiger charge is -2.04. The molecule has 0 amide bonds. The molecule has 1 atom stereocenters. The van der Waals surface area contributed by atoms with Crippen LogP contribution in [0.25, 0.3) is 0 Å². The maximum atomic E-state index is 13.0. The molecule has 3 nitrogen and oxygen atoms in total. The number of hydrogen-bond acceptors (Lipinski definition) is 3. The molecule has 1 aromatic heterocycles. The highest BCUT2D eigenvalue weighted by atomic mass is 35.5. The topological polar surface area (TPSA) is 42.3 Å². The lowest BCUT2D eigenvalue weighted by molar-refractivity contribution is 0.544. The van der Waals surface area contributed by atoms with Crippen LogP contribution in [-0.2, 0) is 4.79 Å². The lowest BCUT2D eigenvalue weighted by atomic mass is 10.1. The van der Waals surface area contributed by atoms with Crippen molar-refractivity contribution in [2.45, 2.75) is 13.0 Å². The maximum Gasteiger partial charge on any atom is 0.235 e. The van der Waals surface area contributed by atoms with Crippen LogP contribution in [0.2, 0.25) is 5.02 Å². The molecule has 0 aliphatic carbocycles. The van der Waals surface area contributed by atoms with Crippen LogP contribution >= 0.6 is 11.6 Å². The van der Waals surface area contributed by atoms with Gasteiger partial charge in [-0.1, -0.05) is 11.6 Å². The first-order chi connectivity index (χ1) is 6.15. The van der Waals surface area contributed by atoms with E-state index in [-0.39, 0.29) is 5.56 Å². The van der Waals surface area contributed by atoms with Gasteiger partial charge in [-0.25, -0.2) is 9.78 Å². The molecule has 0 radical (unpaired) electrons. The summed E-state index contributed by atoms with van der Waals surface area (Å²) in [5.41, 5.74) is 0.191. The van der Waals surface area contributed by atoms with Gasteiger partial charge >= 0.3 is 0 Å². The first-order valence-electron chi connectivity index (χ1n) is 3.53. The summed E-state index contributed by atoms with van der Waals surface area (Å²) in [5.74, 6) is -0.670. The zero-order valence-corrected chi connectivity index (χ0v) is 7.55. The Balaban J connectivity index is 3.12. The van der Waals surface area contributed by atoms with Gasteiger partial charge in [-0.05, 0) is 13.0 Å². The van der Waals surface area contributed by atoms with Crippen molar-refractivity contribution in [3.63, 3.8) is 0 Å². The first-order valence-corrected chi connectivity index (χ1v) is 3.91. The molecule has 1 aromatic rings. The van der Waals surface area contributed by atoms with E-state index < -0.39 is 12.0 Å². The third kappa shape index (κ3) is 2.34. The Bertz CT molecular complexity index is 363. The predicted octanol–water partition coefficient (Wildman–Crippen LogP) is 2.27. The van der Waals surface area contributed by atoms with E-state index in [2.05, 4.69) is 9.98 Å². The quantitative estimate of drug-likeness (QED) is 0.418. The minimum atomic E-state index is -0.670. The van der Waals surface area contributed by atoms with Crippen LogP contribution in [0.5, 0.6) is 0 Å². The van der Waals surface area contributed by atoms with Crippen LogP contribution in [0, 0.1) is 5.95 Å². The van der Waals surface area contributed by atoms with E-state index in [0.29, 0.717) is 5.02 Å².